The fourth-order valence-electron chi connectivity index (χ4n) is 3.82. The number of benzene rings is 3. The summed E-state index contributed by atoms with van der Waals surface area (Å²) in [5.74, 6) is -1.30. The maximum Gasteiger partial charge on any atom is 0.471 e. The van der Waals surface area contributed by atoms with Gasteiger partial charge in [-0.2, -0.15) is 13.2 Å². The van der Waals surface area contributed by atoms with Gasteiger partial charge in [-0.3, -0.25) is 4.79 Å². The molecule has 0 aromatic heterocycles. The van der Waals surface area contributed by atoms with Crippen molar-refractivity contribution < 1.29 is 37.3 Å². The van der Waals surface area contributed by atoms with Crippen molar-refractivity contribution in [3.05, 3.63) is 95.6 Å². The molecule has 0 aliphatic heterocycles. The van der Waals surface area contributed by atoms with Crippen LogP contribution in [-0.4, -0.2) is 50.7 Å². The minimum atomic E-state index is -5.05. The zero-order chi connectivity index (χ0) is 25.5. The first-order valence-corrected chi connectivity index (χ1v) is 10.7. The third-order valence-electron chi connectivity index (χ3n) is 5.39. The van der Waals surface area contributed by atoms with E-state index in [2.05, 4.69) is 0 Å². The summed E-state index contributed by atoms with van der Waals surface area (Å²) in [4.78, 5) is 11.2. The smallest absolute Gasteiger partial charge is 0.471 e. The maximum absolute atomic E-state index is 12.5. The van der Waals surface area contributed by atoms with Gasteiger partial charge >= 0.3 is 12.1 Å². The molecular formula is C26H26F3NO5. The molecule has 2 N–H and O–H groups in total. The molecule has 6 nitrogen and oxygen atoms in total. The Balaban J connectivity index is 2.10. The summed E-state index contributed by atoms with van der Waals surface area (Å²) in [5, 5.41) is 12.1. The summed E-state index contributed by atoms with van der Waals surface area (Å²) >= 11 is 0. The fourth-order valence-corrected chi connectivity index (χ4v) is 3.82. The van der Waals surface area contributed by atoms with Crippen LogP contribution in [0.5, 0.6) is 11.5 Å². The number of carbonyl (C=O) groups excluding carboxylic acids is 1. The quantitative estimate of drug-likeness (QED) is 0.420. The number of hydrogen-bond acceptors (Lipinski definition) is 5. The van der Waals surface area contributed by atoms with Gasteiger partial charge in [0.25, 0.3) is 0 Å². The molecule has 0 saturated heterocycles. The van der Waals surface area contributed by atoms with Crippen LogP contribution in [0.15, 0.2) is 78.9 Å². The molecule has 1 unspecified atom stereocenters. The number of amides is 1. The summed E-state index contributed by atoms with van der Waals surface area (Å²) in [6, 6.07) is 23.6. The highest BCUT2D eigenvalue weighted by molar-refractivity contribution is 5.81. The van der Waals surface area contributed by atoms with Crippen LogP contribution in [0.1, 0.15) is 16.7 Å². The van der Waals surface area contributed by atoms with Crippen molar-refractivity contribution >= 4 is 5.91 Å². The van der Waals surface area contributed by atoms with Crippen molar-refractivity contribution in [2.45, 2.75) is 17.9 Å². The zero-order valence-electron chi connectivity index (χ0n) is 19.2. The van der Waals surface area contributed by atoms with E-state index in [4.69, 9.17) is 14.2 Å². The van der Waals surface area contributed by atoms with E-state index in [1.165, 1.54) is 14.2 Å². The van der Waals surface area contributed by atoms with Crippen molar-refractivity contribution in [1.82, 2.24) is 5.32 Å². The lowest BCUT2D eigenvalue weighted by Gasteiger charge is -2.37. The van der Waals surface area contributed by atoms with Crippen molar-refractivity contribution in [1.29, 1.82) is 0 Å². The van der Waals surface area contributed by atoms with E-state index >= 15 is 0 Å². The predicted molar refractivity (Wildman–Crippen MR) is 123 cm³/mol. The largest absolute Gasteiger partial charge is 0.493 e. The highest BCUT2D eigenvalue weighted by atomic mass is 19.4. The third kappa shape index (κ3) is 5.75. The number of ether oxygens (including phenoxy) is 3. The van der Waals surface area contributed by atoms with E-state index in [-0.39, 0.29) is 0 Å². The first kappa shape index (κ1) is 26.1. The average molecular weight is 489 g/mol. The van der Waals surface area contributed by atoms with Crippen LogP contribution in [0.4, 0.5) is 13.2 Å². The van der Waals surface area contributed by atoms with E-state index in [9.17, 15) is 23.1 Å². The van der Waals surface area contributed by atoms with Gasteiger partial charge < -0.3 is 24.6 Å². The number of halogens is 3. The van der Waals surface area contributed by atoms with E-state index in [1.54, 1.807) is 23.5 Å². The van der Waals surface area contributed by atoms with Gasteiger partial charge in [-0.05, 0) is 17.2 Å². The molecular weight excluding hydrogens is 463 g/mol. The molecule has 9 heteroatoms. The Kier molecular flexibility index (Phi) is 8.37. The molecule has 0 saturated carbocycles. The first-order chi connectivity index (χ1) is 16.7. The molecule has 0 heterocycles. The normalized spacial score (nSPS) is 12.6. The van der Waals surface area contributed by atoms with Gasteiger partial charge in [-0.15, -0.1) is 0 Å². The van der Waals surface area contributed by atoms with Gasteiger partial charge in [-0.25, -0.2) is 0 Å². The van der Waals surface area contributed by atoms with Gasteiger partial charge in [0.2, 0.25) is 0 Å². The van der Waals surface area contributed by atoms with E-state index in [1.807, 2.05) is 60.7 Å². The van der Waals surface area contributed by atoms with Crippen LogP contribution in [0.3, 0.4) is 0 Å². The summed E-state index contributed by atoms with van der Waals surface area (Å²) in [6.45, 7) is -1.05. The number of aliphatic hydroxyl groups excluding tert-OH is 1. The minimum absolute atomic E-state index is 0.391. The second kappa shape index (κ2) is 11.2. The Morgan fingerprint density at radius 3 is 1.94 bits per heavy atom. The highest BCUT2D eigenvalue weighted by Crippen LogP contribution is 2.47. The van der Waals surface area contributed by atoms with Gasteiger partial charge in [0.15, 0.2) is 11.5 Å². The monoisotopic (exact) mass is 489 g/mol. The second-order valence-electron chi connectivity index (χ2n) is 7.63. The Labute approximate surface area is 201 Å². The Hall–Kier alpha value is -3.56. The maximum atomic E-state index is 12.5. The molecule has 0 aliphatic rings. The van der Waals surface area contributed by atoms with Crippen molar-refractivity contribution in [2.75, 3.05) is 27.4 Å². The third-order valence-corrected chi connectivity index (χ3v) is 5.39. The Morgan fingerprint density at radius 2 is 1.46 bits per heavy atom. The number of aliphatic hydroxyl groups is 1. The molecule has 1 atom stereocenters. The molecule has 35 heavy (non-hydrogen) atoms. The zero-order valence-corrected chi connectivity index (χ0v) is 19.2. The van der Waals surface area contributed by atoms with Crippen LogP contribution < -0.4 is 14.8 Å². The highest BCUT2D eigenvalue weighted by Gasteiger charge is 2.42. The number of hydrogen-bond donors (Lipinski definition) is 2. The standard InChI is InChI=1S/C26H26F3NO5/c1-33-22-15-9-14-21(23(22)34-2)25(18-10-5-3-6-11-18,19-12-7-4-8-13-19)35-17-20(31)16-30-24(32)26(27,28)29/h3-15,20,31H,16-17H2,1-2H3,(H,30,32). The predicted octanol–water partition coefficient (Wildman–Crippen LogP) is 4.05. The lowest BCUT2D eigenvalue weighted by atomic mass is 9.79. The second-order valence-corrected chi connectivity index (χ2v) is 7.63. The lowest BCUT2D eigenvalue weighted by Crippen LogP contribution is -2.43. The van der Waals surface area contributed by atoms with Gasteiger partial charge in [0.1, 0.15) is 5.60 Å². The first-order valence-electron chi connectivity index (χ1n) is 10.7. The Morgan fingerprint density at radius 1 is 0.886 bits per heavy atom. The number of para-hydroxylation sites is 1. The molecule has 0 spiro atoms. The number of carbonyl (C=O) groups is 1. The lowest BCUT2D eigenvalue weighted by molar-refractivity contribution is -0.174. The van der Waals surface area contributed by atoms with E-state index in [0.29, 0.717) is 28.2 Å². The van der Waals surface area contributed by atoms with Gasteiger partial charge in [0, 0.05) is 12.1 Å². The molecule has 0 aliphatic carbocycles. The number of methoxy groups -OCH3 is 2. The summed E-state index contributed by atoms with van der Waals surface area (Å²) in [5.41, 5.74) is 0.592. The number of alkyl halides is 3. The molecule has 0 fully saturated rings. The molecule has 3 aromatic carbocycles. The van der Waals surface area contributed by atoms with Gasteiger partial charge in [0.05, 0.1) is 26.9 Å². The SMILES string of the molecule is COc1cccc(C(OCC(O)CNC(=O)C(F)(F)F)(c2ccccc2)c2ccccc2)c1OC. The molecule has 3 aromatic rings. The van der Waals surface area contributed by atoms with Crippen LogP contribution >= 0.6 is 0 Å². The minimum Gasteiger partial charge on any atom is -0.493 e. The number of rotatable bonds is 10. The molecule has 3 rings (SSSR count). The Bertz CT molecular complexity index is 1070. The van der Waals surface area contributed by atoms with Crippen molar-refractivity contribution in [3.63, 3.8) is 0 Å². The van der Waals surface area contributed by atoms with Crippen LogP contribution in [-0.2, 0) is 15.1 Å². The summed E-state index contributed by atoms with van der Waals surface area (Å²) < 4.78 is 55.2. The summed E-state index contributed by atoms with van der Waals surface area (Å²) in [7, 11) is 2.99. The van der Waals surface area contributed by atoms with Crippen LogP contribution in [0.25, 0.3) is 0 Å². The molecule has 1 amide bonds. The van der Waals surface area contributed by atoms with Crippen molar-refractivity contribution in [3.8, 4) is 11.5 Å². The van der Waals surface area contributed by atoms with E-state index < -0.39 is 36.9 Å². The topological polar surface area (TPSA) is 77.0 Å². The van der Waals surface area contributed by atoms with Gasteiger partial charge in [-0.1, -0.05) is 72.8 Å². The number of nitrogens with one attached hydrogen (secondary N) is 1. The fraction of sp³-hybridized carbons (Fsp3) is 0.269. The van der Waals surface area contributed by atoms with Crippen molar-refractivity contribution in [2.24, 2.45) is 0 Å². The van der Waals surface area contributed by atoms with E-state index in [0.717, 1.165) is 0 Å². The summed E-state index contributed by atoms with van der Waals surface area (Å²) in [6.07, 6.45) is -6.48. The molecule has 0 radical (unpaired) electrons. The van der Waals surface area contributed by atoms with Crippen LogP contribution in [0.2, 0.25) is 0 Å². The van der Waals surface area contributed by atoms with Crippen LogP contribution in [0, 0.1) is 0 Å². The molecule has 0 bridgehead atoms. The average Bonchev–Trinajstić information content (AvgIpc) is 2.88. The molecule has 186 valence electrons.